The van der Waals surface area contributed by atoms with Gasteiger partial charge in [0, 0.05) is 49.7 Å². The molecular formula is C16H24N2O. The summed E-state index contributed by atoms with van der Waals surface area (Å²) in [6.07, 6.45) is 5.27. The number of ether oxygens (including phenoxy) is 1. The Bertz CT molecular complexity index is 387. The third-order valence-electron chi connectivity index (χ3n) is 4.13. The summed E-state index contributed by atoms with van der Waals surface area (Å²) >= 11 is 0. The molecule has 2 saturated heterocycles. The molecule has 3 nitrogen and oxygen atoms in total. The summed E-state index contributed by atoms with van der Waals surface area (Å²) in [7, 11) is 0. The van der Waals surface area contributed by atoms with Gasteiger partial charge in [-0.3, -0.25) is 0 Å². The summed E-state index contributed by atoms with van der Waals surface area (Å²) in [5, 5.41) is 0. The topological polar surface area (TPSA) is 15.7 Å². The van der Waals surface area contributed by atoms with Crippen molar-refractivity contribution < 1.29 is 4.74 Å². The maximum atomic E-state index is 5.75. The van der Waals surface area contributed by atoms with Crippen LogP contribution in [0.1, 0.15) is 32.6 Å². The Morgan fingerprint density at radius 3 is 1.74 bits per heavy atom. The molecule has 0 amide bonds. The molecule has 0 saturated carbocycles. The average Bonchev–Trinajstić information content (AvgIpc) is 3.12. The van der Waals surface area contributed by atoms with Crippen LogP contribution in [0.25, 0.3) is 0 Å². The standard InChI is InChI=1S/C16H24N2O/c1-2-19-16-12-14(17-7-3-4-8-17)11-15(13-16)18-9-5-6-10-18/h11-13H,2-10H2,1H3. The maximum absolute atomic E-state index is 5.75. The van der Waals surface area contributed by atoms with Gasteiger partial charge in [-0.25, -0.2) is 0 Å². The lowest BCUT2D eigenvalue weighted by molar-refractivity contribution is 0.340. The van der Waals surface area contributed by atoms with Crippen LogP contribution < -0.4 is 14.5 Å². The van der Waals surface area contributed by atoms with Crippen LogP contribution in [0.5, 0.6) is 5.75 Å². The van der Waals surface area contributed by atoms with Gasteiger partial charge in [-0.15, -0.1) is 0 Å². The Kier molecular flexibility index (Phi) is 3.81. The smallest absolute Gasteiger partial charge is 0.123 e. The highest BCUT2D eigenvalue weighted by molar-refractivity contribution is 5.64. The first-order valence-corrected chi connectivity index (χ1v) is 7.64. The maximum Gasteiger partial charge on any atom is 0.123 e. The van der Waals surface area contributed by atoms with Crippen LogP contribution in [-0.2, 0) is 0 Å². The Hall–Kier alpha value is -1.38. The molecule has 0 aliphatic carbocycles. The molecule has 0 radical (unpaired) electrons. The van der Waals surface area contributed by atoms with E-state index in [2.05, 4.69) is 34.9 Å². The SMILES string of the molecule is CCOc1cc(N2CCCC2)cc(N2CCCC2)c1. The van der Waals surface area contributed by atoms with Crippen LogP contribution in [-0.4, -0.2) is 32.8 Å². The molecule has 3 heteroatoms. The molecule has 2 aliphatic rings. The van der Waals surface area contributed by atoms with Crippen molar-refractivity contribution in [3.63, 3.8) is 0 Å². The average molecular weight is 260 g/mol. The van der Waals surface area contributed by atoms with E-state index in [1.807, 2.05) is 0 Å². The van der Waals surface area contributed by atoms with Gasteiger partial charge in [-0.05, 0) is 38.7 Å². The van der Waals surface area contributed by atoms with Gasteiger partial charge in [-0.1, -0.05) is 0 Å². The minimum atomic E-state index is 0.739. The van der Waals surface area contributed by atoms with Gasteiger partial charge in [-0.2, -0.15) is 0 Å². The second kappa shape index (κ2) is 5.72. The Balaban J connectivity index is 1.88. The van der Waals surface area contributed by atoms with Crippen LogP contribution in [0.3, 0.4) is 0 Å². The summed E-state index contributed by atoms with van der Waals surface area (Å²) in [5.74, 6) is 1.02. The van der Waals surface area contributed by atoms with Gasteiger partial charge in [0.2, 0.25) is 0 Å². The zero-order chi connectivity index (χ0) is 13.1. The van der Waals surface area contributed by atoms with E-state index in [1.165, 1.54) is 63.2 Å². The van der Waals surface area contributed by atoms with E-state index in [0.717, 1.165) is 12.4 Å². The molecule has 0 bridgehead atoms. The number of benzene rings is 1. The van der Waals surface area contributed by atoms with Crippen LogP contribution in [0.15, 0.2) is 18.2 Å². The van der Waals surface area contributed by atoms with E-state index in [4.69, 9.17) is 4.74 Å². The summed E-state index contributed by atoms with van der Waals surface area (Å²) in [4.78, 5) is 4.98. The molecule has 3 rings (SSSR count). The lowest BCUT2D eigenvalue weighted by Gasteiger charge is -2.24. The van der Waals surface area contributed by atoms with Crippen molar-refractivity contribution in [2.24, 2.45) is 0 Å². The Morgan fingerprint density at radius 1 is 0.842 bits per heavy atom. The van der Waals surface area contributed by atoms with E-state index >= 15 is 0 Å². The van der Waals surface area contributed by atoms with Crippen LogP contribution >= 0.6 is 0 Å². The normalized spacial score (nSPS) is 19.2. The van der Waals surface area contributed by atoms with Crippen LogP contribution in [0.2, 0.25) is 0 Å². The Morgan fingerprint density at radius 2 is 1.32 bits per heavy atom. The van der Waals surface area contributed by atoms with Crippen molar-refractivity contribution in [1.82, 2.24) is 0 Å². The van der Waals surface area contributed by atoms with Crippen molar-refractivity contribution in [2.75, 3.05) is 42.6 Å². The molecule has 0 aromatic heterocycles. The van der Waals surface area contributed by atoms with E-state index in [1.54, 1.807) is 0 Å². The molecule has 2 fully saturated rings. The summed E-state index contributed by atoms with van der Waals surface area (Å²) in [5.41, 5.74) is 2.68. The largest absolute Gasteiger partial charge is 0.494 e. The molecule has 2 heterocycles. The number of rotatable bonds is 4. The molecule has 1 aromatic carbocycles. The molecular weight excluding hydrogens is 236 g/mol. The van der Waals surface area contributed by atoms with Gasteiger partial charge in [0.15, 0.2) is 0 Å². The first kappa shape index (κ1) is 12.6. The van der Waals surface area contributed by atoms with Crippen LogP contribution in [0, 0.1) is 0 Å². The highest BCUT2D eigenvalue weighted by Crippen LogP contribution is 2.32. The van der Waals surface area contributed by atoms with Crippen molar-refractivity contribution in [2.45, 2.75) is 32.6 Å². The summed E-state index contributed by atoms with van der Waals surface area (Å²) < 4.78 is 5.75. The third-order valence-corrected chi connectivity index (χ3v) is 4.13. The van der Waals surface area contributed by atoms with E-state index in [9.17, 15) is 0 Å². The van der Waals surface area contributed by atoms with Crippen molar-refractivity contribution >= 4 is 11.4 Å². The fourth-order valence-corrected chi connectivity index (χ4v) is 3.13. The van der Waals surface area contributed by atoms with E-state index < -0.39 is 0 Å². The zero-order valence-corrected chi connectivity index (χ0v) is 11.9. The second-order valence-corrected chi connectivity index (χ2v) is 5.51. The zero-order valence-electron chi connectivity index (χ0n) is 11.9. The minimum Gasteiger partial charge on any atom is -0.494 e. The van der Waals surface area contributed by atoms with E-state index in [-0.39, 0.29) is 0 Å². The minimum absolute atomic E-state index is 0.739. The Labute approximate surface area is 116 Å². The number of anilines is 2. The first-order valence-electron chi connectivity index (χ1n) is 7.64. The van der Waals surface area contributed by atoms with Crippen molar-refractivity contribution in [3.8, 4) is 5.75 Å². The molecule has 0 atom stereocenters. The fraction of sp³-hybridized carbons (Fsp3) is 0.625. The molecule has 0 N–H and O–H groups in total. The molecule has 1 aromatic rings. The van der Waals surface area contributed by atoms with E-state index in [0.29, 0.717) is 0 Å². The van der Waals surface area contributed by atoms with Gasteiger partial charge in [0.25, 0.3) is 0 Å². The highest BCUT2D eigenvalue weighted by atomic mass is 16.5. The number of nitrogens with zero attached hydrogens (tertiary/aromatic N) is 2. The summed E-state index contributed by atoms with van der Waals surface area (Å²) in [6, 6.07) is 6.75. The second-order valence-electron chi connectivity index (χ2n) is 5.51. The first-order chi connectivity index (χ1) is 9.36. The van der Waals surface area contributed by atoms with Crippen molar-refractivity contribution in [1.29, 1.82) is 0 Å². The third kappa shape index (κ3) is 2.80. The fourth-order valence-electron chi connectivity index (χ4n) is 3.13. The lowest BCUT2D eigenvalue weighted by Crippen LogP contribution is -2.21. The predicted octanol–water partition coefficient (Wildman–Crippen LogP) is 3.29. The summed E-state index contributed by atoms with van der Waals surface area (Å²) in [6.45, 7) is 7.55. The van der Waals surface area contributed by atoms with Gasteiger partial charge < -0.3 is 14.5 Å². The van der Waals surface area contributed by atoms with Gasteiger partial charge in [0.05, 0.1) is 6.61 Å². The lowest BCUT2D eigenvalue weighted by atomic mass is 10.2. The number of hydrogen-bond donors (Lipinski definition) is 0. The molecule has 0 unspecified atom stereocenters. The quantitative estimate of drug-likeness (QED) is 0.826. The molecule has 104 valence electrons. The van der Waals surface area contributed by atoms with Gasteiger partial charge >= 0.3 is 0 Å². The molecule has 0 spiro atoms. The predicted molar refractivity (Wildman–Crippen MR) is 80.5 cm³/mol. The highest BCUT2D eigenvalue weighted by Gasteiger charge is 2.18. The molecule has 19 heavy (non-hydrogen) atoms. The van der Waals surface area contributed by atoms with Crippen molar-refractivity contribution in [3.05, 3.63) is 18.2 Å². The molecule has 2 aliphatic heterocycles. The van der Waals surface area contributed by atoms with Crippen LogP contribution in [0.4, 0.5) is 11.4 Å². The van der Waals surface area contributed by atoms with Gasteiger partial charge in [0.1, 0.15) is 5.75 Å². The number of hydrogen-bond acceptors (Lipinski definition) is 3. The monoisotopic (exact) mass is 260 g/mol.